The van der Waals surface area contributed by atoms with Gasteiger partial charge in [0.2, 0.25) is 5.90 Å². The predicted octanol–water partition coefficient (Wildman–Crippen LogP) is 4.30. The SMILES string of the molecule is C=CCOc1ccc(/C=C2\N=C(c3cccc(F)c3)OC2=O)c(OCC=C)c1. The number of cyclic esters (lactones) is 1. The molecule has 0 aliphatic carbocycles. The van der Waals surface area contributed by atoms with E-state index >= 15 is 0 Å². The molecule has 1 aliphatic rings. The Labute approximate surface area is 162 Å². The van der Waals surface area contributed by atoms with Crippen LogP contribution in [0.3, 0.4) is 0 Å². The highest BCUT2D eigenvalue weighted by Gasteiger charge is 2.25. The highest BCUT2D eigenvalue weighted by molar-refractivity contribution is 6.12. The summed E-state index contributed by atoms with van der Waals surface area (Å²) in [5.41, 5.74) is 1.08. The Morgan fingerprint density at radius 2 is 1.86 bits per heavy atom. The van der Waals surface area contributed by atoms with Crippen LogP contribution in [0.4, 0.5) is 4.39 Å². The summed E-state index contributed by atoms with van der Waals surface area (Å²) in [5, 5.41) is 0. The Kier molecular flexibility index (Phi) is 6.01. The van der Waals surface area contributed by atoms with Gasteiger partial charge in [-0.05, 0) is 36.4 Å². The first-order chi connectivity index (χ1) is 13.6. The molecular weight excluding hydrogens is 361 g/mol. The molecule has 3 rings (SSSR count). The van der Waals surface area contributed by atoms with E-state index in [2.05, 4.69) is 18.2 Å². The van der Waals surface area contributed by atoms with Gasteiger partial charge in [-0.1, -0.05) is 31.4 Å². The normalized spacial score (nSPS) is 14.4. The fraction of sp³-hybridized carbons (Fsp3) is 0.0909. The van der Waals surface area contributed by atoms with Crippen LogP contribution in [0.1, 0.15) is 11.1 Å². The van der Waals surface area contributed by atoms with Crippen LogP contribution >= 0.6 is 0 Å². The molecule has 2 aromatic carbocycles. The maximum absolute atomic E-state index is 13.4. The molecule has 0 radical (unpaired) electrons. The van der Waals surface area contributed by atoms with E-state index in [0.717, 1.165) is 0 Å². The van der Waals surface area contributed by atoms with E-state index in [1.54, 1.807) is 42.5 Å². The summed E-state index contributed by atoms with van der Waals surface area (Å²) in [6.45, 7) is 7.88. The van der Waals surface area contributed by atoms with Crippen LogP contribution in [0.15, 0.2) is 78.5 Å². The van der Waals surface area contributed by atoms with Crippen LogP contribution in [-0.2, 0) is 9.53 Å². The Morgan fingerprint density at radius 3 is 2.61 bits per heavy atom. The van der Waals surface area contributed by atoms with Gasteiger partial charge in [-0.25, -0.2) is 14.2 Å². The molecule has 142 valence electrons. The van der Waals surface area contributed by atoms with Crippen molar-refractivity contribution in [3.8, 4) is 11.5 Å². The van der Waals surface area contributed by atoms with E-state index in [0.29, 0.717) is 29.2 Å². The second-order valence-corrected chi connectivity index (χ2v) is 5.75. The first kappa shape index (κ1) is 19.1. The molecule has 0 fully saturated rings. The molecule has 0 saturated heterocycles. The fourth-order valence-electron chi connectivity index (χ4n) is 2.45. The van der Waals surface area contributed by atoms with E-state index in [1.807, 2.05) is 0 Å². The Hall–Kier alpha value is -3.67. The number of esters is 1. The predicted molar refractivity (Wildman–Crippen MR) is 105 cm³/mol. The molecule has 5 nitrogen and oxygen atoms in total. The molecule has 1 heterocycles. The number of benzene rings is 2. The summed E-state index contributed by atoms with van der Waals surface area (Å²) in [5.74, 6) is 0.0790. The number of aliphatic imine (C=N–C) groups is 1. The van der Waals surface area contributed by atoms with Gasteiger partial charge in [0, 0.05) is 17.2 Å². The van der Waals surface area contributed by atoms with Crippen molar-refractivity contribution >= 4 is 17.9 Å². The third-order valence-corrected chi connectivity index (χ3v) is 3.69. The smallest absolute Gasteiger partial charge is 0.363 e. The monoisotopic (exact) mass is 379 g/mol. The summed E-state index contributed by atoms with van der Waals surface area (Å²) >= 11 is 0. The zero-order valence-corrected chi connectivity index (χ0v) is 15.1. The van der Waals surface area contributed by atoms with Gasteiger partial charge in [0.05, 0.1) is 0 Å². The summed E-state index contributed by atoms with van der Waals surface area (Å²) in [6, 6.07) is 10.9. The number of hydrogen-bond donors (Lipinski definition) is 0. The number of halogens is 1. The van der Waals surface area contributed by atoms with Gasteiger partial charge in [0.1, 0.15) is 30.5 Å². The maximum Gasteiger partial charge on any atom is 0.363 e. The van der Waals surface area contributed by atoms with Gasteiger partial charge >= 0.3 is 5.97 Å². The first-order valence-corrected chi connectivity index (χ1v) is 8.50. The summed E-state index contributed by atoms with van der Waals surface area (Å²) in [7, 11) is 0. The lowest BCUT2D eigenvalue weighted by Gasteiger charge is -2.10. The van der Waals surface area contributed by atoms with Crippen molar-refractivity contribution in [2.75, 3.05) is 13.2 Å². The van der Waals surface area contributed by atoms with Crippen molar-refractivity contribution in [2.45, 2.75) is 0 Å². The highest BCUT2D eigenvalue weighted by Crippen LogP contribution is 2.29. The van der Waals surface area contributed by atoms with Crippen molar-refractivity contribution in [3.63, 3.8) is 0 Å². The molecule has 0 aromatic heterocycles. The van der Waals surface area contributed by atoms with Gasteiger partial charge in [-0.3, -0.25) is 0 Å². The summed E-state index contributed by atoms with van der Waals surface area (Å²) < 4.78 is 29.7. The van der Waals surface area contributed by atoms with Gasteiger partial charge < -0.3 is 14.2 Å². The van der Waals surface area contributed by atoms with E-state index < -0.39 is 11.8 Å². The minimum Gasteiger partial charge on any atom is -0.489 e. The molecule has 0 spiro atoms. The van der Waals surface area contributed by atoms with Crippen LogP contribution in [0, 0.1) is 5.82 Å². The summed E-state index contributed by atoms with van der Waals surface area (Å²) in [6.07, 6.45) is 4.79. The van der Waals surface area contributed by atoms with Gasteiger partial charge in [-0.2, -0.15) is 0 Å². The topological polar surface area (TPSA) is 57.1 Å². The van der Waals surface area contributed by atoms with Crippen molar-refractivity contribution in [3.05, 3.63) is 90.4 Å². The molecule has 0 N–H and O–H groups in total. The second-order valence-electron chi connectivity index (χ2n) is 5.75. The molecular formula is C22H18FNO4. The van der Waals surface area contributed by atoms with Crippen molar-refractivity contribution in [2.24, 2.45) is 4.99 Å². The molecule has 0 amide bonds. The Morgan fingerprint density at radius 1 is 1.07 bits per heavy atom. The van der Waals surface area contributed by atoms with Crippen molar-refractivity contribution in [1.82, 2.24) is 0 Å². The highest BCUT2D eigenvalue weighted by atomic mass is 19.1. The lowest BCUT2D eigenvalue weighted by atomic mass is 10.1. The standard InChI is InChI=1S/C22H18FNO4/c1-3-10-26-18-9-8-15(20(14-18)27-11-4-2)13-19-22(25)28-21(24-19)16-6-5-7-17(23)12-16/h3-9,12-14H,1-2,10-11H2/b19-13-. The molecule has 0 atom stereocenters. The van der Waals surface area contributed by atoms with E-state index in [9.17, 15) is 9.18 Å². The molecule has 6 heteroatoms. The average molecular weight is 379 g/mol. The number of carbonyl (C=O) groups is 1. The third kappa shape index (κ3) is 4.54. The van der Waals surface area contributed by atoms with Gasteiger partial charge in [0.15, 0.2) is 5.70 Å². The van der Waals surface area contributed by atoms with E-state index in [-0.39, 0.29) is 18.2 Å². The molecule has 0 bridgehead atoms. The molecule has 28 heavy (non-hydrogen) atoms. The van der Waals surface area contributed by atoms with Gasteiger partial charge in [-0.15, -0.1) is 0 Å². The Bertz CT molecular complexity index is 978. The van der Waals surface area contributed by atoms with Crippen molar-refractivity contribution in [1.29, 1.82) is 0 Å². The number of ether oxygens (including phenoxy) is 3. The van der Waals surface area contributed by atoms with Crippen LogP contribution in [0.25, 0.3) is 6.08 Å². The second kappa shape index (κ2) is 8.81. The fourth-order valence-corrected chi connectivity index (χ4v) is 2.45. The average Bonchev–Trinajstić information content (AvgIpc) is 3.06. The summed E-state index contributed by atoms with van der Waals surface area (Å²) in [4.78, 5) is 16.4. The van der Waals surface area contributed by atoms with Crippen molar-refractivity contribution < 1.29 is 23.4 Å². The zero-order valence-electron chi connectivity index (χ0n) is 15.1. The molecule has 2 aromatic rings. The largest absolute Gasteiger partial charge is 0.489 e. The quantitative estimate of drug-likeness (QED) is 0.390. The zero-order chi connectivity index (χ0) is 19.9. The lowest BCUT2D eigenvalue weighted by molar-refractivity contribution is -0.129. The van der Waals surface area contributed by atoms with E-state index in [1.165, 1.54) is 18.2 Å². The number of rotatable bonds is 8. The minimum absolute atomic E-state index is 0.0512. The van der Waals surface area contributed by atoms with E-state index in [4.69, 9.17) is 14.2 Å². The minimum atomic E-state index is -0.624. The first-order valence-electron chi connectivity index (χ1n) is 8.50. The van der Waals surface area contributed by atoms with Gasteiger partial charge in [0.25, 0.3) is 0 Å². The molecule has 0 unspecified atom stereocenters. The molecule has 1 aliphatic heterocycles. The number of hydrogen-bond acceptors (Lipinski definition) is 5. The number of carbonyl (C=O) groups excluding carboxylic acids is 1. The Balaban J connectivity index is 1.93. The molecule has 0 saturated carbocycles. The lowest BCUT2D eigenvalue weighted by Crippen LogP contribution is -2.05. The maximum atomic E-state index is 13.4. The van der Waals surface area contributed by atoms with Crippen LogP contribution in [-0.4, -0.2) is 25.1 Å². The van der Waals surface area contributed by atoms with Crippen LogP contribution in [0.5, 0.6) is 11.5 Å². The van der Waals surface area contributed by atoms with Crippen LogP contribution < -0.4 is 9.47 Å². The van der Waals surface area contributed by atoms with Crippen LogP contribution in [0.2, 0.25) is 0 Å². The number of nitrogens with zero attached hydrogens (tertiary/aromatic N) is 1. The third-order valence-electron chi connectivity index (χ3n) is 3.69.